The first-order valence-corrected chi connectivity index (χ1v) is 6.92. The number of carbonyl (C=O) groups excluding carboxylic acids is 1. The first-order valence-electron chi connectivity index (χ1n) is 6.92. The van der Waals surface area contributed by atoms with Gasteiger partial charge in [0.15, 0.2) is 0 Å². The Kier molecular flexibility index (Phi) is 4.80. The quantitative estimate of drug-likeness (QED) is 0.901. The second-order valence-corrected chi connectivity index (χ2v) is 4.85. The molecule has 0 radical (unpaired) electrons. The molecule has 1 atom stereocenters. The lowest BCUT2D eigenvalue weighted by atomic mass is 10.1. The lowest BCUT2D eigenvalue weighted by Gasteiger charge is -2.29. The van der Waals surface area contributed by atoms with Crippen LogP contribution in [-0.2, 0) is 16.0 Å². The van der Waals surface area contributed by atoms with Gasteiger partial charge in [0, 0.05) is 18.8 Å². The van der Waals surface area contributed by atoms with Crippen LogP contribution < -0.4 is 5.32 Å². The Labute approximate surface area is 114 Å². The predicted molar refractivity (Wildman–Crippen MR) is 76.3 cm³/mol. The lowest BCUT2D eigenvalue weighted by molar-refractivity contribution is -0.135. The van der Waals surface area contributed by atoms with E-state index in [1.54, 1.807) is 0 Å². The van der Waals surface area contributed by atoms with Gasteiger partial charge in [-0.15, -0.1) is 0 Å². The summed E-state index contributed by atoms with van der Waals surface area (Å²) in [5.74, 6) is 0.142. The van der Waals surface area contributed by atoms with Gasteiger partial charge in [0.25, 0.3) is 0 Å². The van der Waals surface area contributed by atoms with E-state index in [2.05, 4.69) is 24.4 Å². The molecule has 2 rings (SSSR count). The number of rotatable bonds is 4. The third-order valence-corrected chi connectivity index (χ3v) is 3.44. The Morgan fingerprint density at radius 2 is 1.95 bits per heavy atom. The summed E-state index contributed by atoms with van der Waals surface area (Å²) < 4.78 is 5.26. The number of anilines is 1. The molecule has 104 valence electrons. The van der Waals surface area contributed by atoms with Crippen LogP contribution in [0.4, 0.5) is 5.69 Å². The predicted octanol–water partition coefficient (Wildman–Crippen LogP) is 1.91. The Morgan fingerprint density at radius 1 is 1.32 bits per heavy atom. The summed E-state index contributed by atoms with van der Waals surface area (Å²) in [7, 11) is 0. The second kappa shape index (κ2) is 6.57. The van der Waals surface area contributed by atoms with Gasteiger partial charge >= 0.3 is 0 Å². The van der Waals surface area contributed by atoms with Crippen molar-refractivity contribution >= 4 is 11.6 Å². The van der Waals surface area contributed by atoms with Crippen LogP contribution in [0.1, 0.15) is 19.4 Å². The minimum Gasteiger partial charge on any atom is -0.378 e. The molecule has 0 aromatic heterocycles. The van der Waals surface area contributed by atoms with Gasteiger partial charge in [-0.05, 0) is 31.0 Å². The second-order valence-electron chi connectivity index (χ2n) is 4.85. The van der Waals surface area contributed by atoms with E-state index in [0.717, 1.165) is 12.1 Å². The molecule has 0 spiro atoms. The van der Waals surface area contributed by atoms with Crippen molar-refractivity contribution in [2.45, 2.75) is 26.3 Å². The van der Waals surface area contributed by atoms with Crippen molar-refractivity contribution in [3.8, 4) is 0 Å². The number of nitrogens with zero attached hydrogens (tertiary/aromatic N) is 1. The van der Waals surface area contributed by atoms with Crippen LogP contribution in [0.15, 0.2) is 24.3 Å². The van der Waals surface area contributed by atoms with E-state index in [1.165, 1.54) is 5.56 Å². The number of hydrogen-bond donors (Lipinski definition) is 1. The highest BCUT2D eigenvalue weighted by molar-refractivity contribution is 5.84. The molecule has 19 heavy (non-hydrogen) atoms. The van der Waals surface area contributed by atoms with Crippen molar-refractivity contribution in [3.63, 3.8) is 0 Å². The molecule has 1 amide bonds. The molecule has 4 heteroatoms. The fraction of sp³-hybridized carbons (Fsp3) is 0.533. The number of morpholine rings is 1. The summed E-state index contributed by atoms with van der Waals surface area (Å²) in [6, 6.07) is 8.04. The third-order valence-electron chi connectivity index (χ3n) is 3.44. The van der Waals surface area contributed by atoms with Crippen LogP contribution in [0.5, 0.6) is 0 Å². The summed E-state index contributed by atoms with van der Waals surface area (Å²) in [6.45, 7) is 6.71. The van der Waals surface area contributed by atoms with E-state index in [9.17, 15) is 4.79 Å². The highest BCUT2D eigenvalue weighted by Crippen LogP contribution is 2.12. The summed E-state index contributed by atoms with van der Waals surface area (Å²) in [4.78, 5) is 14.1. The van der Waals surface area contributed by atoms with Crippen molar-refractivity contribution in [2.24, 2.45) is 0 Å². The zero-order valence-corrected chi connectivity index (χ0v) is 11.7. The Bertz CT molecular complexity index is 411. The Hall–Kier alpha value is -1.55. The van der Waals surface area contributed by atoms with Gasteiger partial charge in [0.1, 0.15) is 6.04 Å². The first-order chi connectivity index (χ1) is 9.20. The number of amides is 1. The average Bonchev–Trinajstić information content (AvgIpc) is 2.48. The fourth-order valence-corrected chi connectivity index (χ4v) is 2.21. The van der Waals surface area contributed by atoms with E-state index in [1.807, 2.05) is 24.0 Å². The summed E-state index contributed by atoms with van der Waals surface area (Å²) in [5, 5.41) is 3.26. The SMILES string of the molecule is CCc1ccc(NC(C)C(=O)N2CCOCC2)cc1. The molecular formula is C15H22N2O2. The first kappa shape index (κ1) is 13.9. The molecule has 1 aromatic carbocycles. The summed E-state index contributed by atoms with van der Waals surface area (Å²) >= 11 is 0. The maximum Gasteiger partial charge on any atom is 0.244 e. The van der Waals surface area contributed by atoms with Crippen LogP contribution in [0.2, 0.25) is 0 Å². The number of ether oxygens (including phenoxy) is 1. The summed E-state index contributed by atoms with van der Waals surface area (Å²) in [6.07, 6.45) is 1.03. The van der Waals surface area contributed by atoms with Crippen molar-refractivity contribution in [3.05, 3.63) is 29.8 Å². The zero-order valence-electron chi connectivity index (χ0n) is 11.7. The molecular weight excluding hydrogens is 240 g/mol. The van der Waals surface area contributed by atoms with Gasteiger partial charge in [0.2, 0.25) is 5.91 Å². The number of aryl methyl sites for hydroxylation is 1. The molecule has 1 aliphatic rings. The van der Waals surface area contributed by atoms with Gasteiger partial charge in [0.05, 0.1) is 13.2 Å². The van der Waals surface area contributed by atoms with Crippen LogP contribution in [-0.4, -0.2) is 43.2 Å². The smallest absolute Gasteiger partial charge is 0.244 e. The topological polar surface area (TPSA) is 41.6 Å². The maximum atomic E-state index is 12.2. The van der Waals surface area contributed by atoms with Crippen LogP contribution in [0.3, 0.4) is 0 Å². The van der Waals surface area contributed by atoms with Gasteiger partial charge in [-0.3, -0.25) is 4.79 Å². The van der Waals surface area contributed by atoms with E-state index in [0.29, 0.717) is 26.3 Å². The third kappa shape index (κ3) is 3.70. The molecule has 0 saturated carbocycles. The number of hydrogen-bond acceptors (Lipinski definition) is 3. The van der Waals surface area contributed by atoms with E-state index in [4.69, 9.17) is 4.74 Å². The molecule has 1 heterocycles. The molecule has 0 aliphatic carbocycles. The minimum atomic E-state index is -0.203. The van der Waals surface area contributed by atoms with Gasteiger partial charge in [-0.1, -0.05) is 19.1 Å². The highest BCUT2D eigenvalue weighted by atomic mass is 16.5. The van der Waals surface area contributed by atoms with E-state index in [-0.39, 0.29) is 11.9 Å². The van der Waals surface area contributed by atoms with E-state index >= 15 is 0 Å². The molecule has 1 fully saturated rings. The van der Waals surface area contributed by atoms with Crippen LogP contribution in [0, 0.1) is 0 Å². The number of carbonyl (C=O) groups is 1. The van der Waals surface area contributed by atoms with Gasteiger partial charge in [-0.25, -0.2) is 0 Å². The largest absolute Gasteiger partial charge is 0.378 e. The minimum absolute atomic E-state index is 0.142. The molecule has 1 N–H and O–H groups in total. The van der Waals surface area contributed by atoms with Crippen molar-refractivity contribution < 1.29 is 9.53 Å². The average molecular weight is 262 g/mol. The normalized spacial score (nSPS) is 17.1. The molecule has 1 unspecified atom stereocenters. The summed E-state index contributed by atoms with van der Waals surface area (Å²) in [5.41, 5.74) is 2.30. The standard InChI is InChI=1S/C15H22N2O2/c1-3-13-4-6-14(7-5-13)16-12(2)15(18)17-8-10-19-11-9-17/h4-7,12,16H,3,8-11H2,1-2H3. The Morgan fingerprint density at radius 3 is 2.53 bits per heavy atom. The van der Waals surface area contributed by atoms with Crippen LogP contribution in [0.25, 0.3) is 0 Å². The van der Waals surface area contributed by atoms with E-state index < -0.39 is 0 Å². The zero-order chi connectivity index (χ0) is 13.7. The Balaban J connectivity index is 1.91. The van der Waals surface area contributed by atoms with Crippen LogP contribution >= 0.6 is 0 Å². The highest BCUT2D eigenvalue weighted by Gasteiger charge is 2.22. The van der Waals surface area contributed by atoms with Crippen molar-refractivity contribution in [1.29, 1.82) is 0 Å². The monoisotopic (exact) mass is 262 g/mol. The molecule has 4 nitrogen and oxygen atoms in total. The van der Waals surface area contributed by atoms with Crippen molar-refractivity contribution in [1.82, 2.24) is 4.90 Å². The van der Waals surface area contributed by atoms with Crippen molar-refractivity contribution in [2.75, 3.05) is 31.6 Å². The lowest BCUT2D eigenvalue weighted by Crippen LogP contribution is -2.46. The molecule has 1 aliphatic heterocycles. The fourth-order valence-electron chi connectivity index (χ4n) is 2.21. The molecule has 0 bridgehead atoms. The number of nitrogens with one attached hydrogen (secondary N) is 1. The number of benzene rings is 1. The molecule has 1 aromatic rings. The van der Waals surface area contributed by atoms with Gasteiger partial charge < -0.3 is 15.0 Å². The van der Waals surface area contributed by atoms with Gasteiger partial charge in [-0.2, -0.15) is 0 Å². The maximum absolute atomic E-state index is 12.2. The molecule has 1 saturated heterocycles.